The fourth-order valence-electron chi connectivity index (χ4n) is 4.67. The van der Waals surface area contributed by atoms with Crippen LogP contribution in [0.15, 0.2) is 60.7 Å². The number of carbonyl (C=O) groups excluding carboxylic acids is 2. The molecule has 6 heteroatoms. The van der Waals surface area contributed by atoms with Gasteiger partial charge in [0.2, 0.25) is 0 Å². The summed E-state index contributed by atoms with van der Waals surface area (Å²) in [5.74, 6) is 0.594. The van der Waals surface area contributed by atoms with Gasteiger partial charge in [0.05, 0.1) is 13.2 Å². The van der Waals surface area contributed by atoms with Gasteiger partial charge in [-0.15, -0.1) is 0 Å². The number of rotatable bonds is 19. The third kappa shape index (κ3) is 13.4. The maximum Gasteiger partial charge on any atom is 0.508 e. The Morgan fingerprint density at radius 1 is 0.600 bits per heavy atom. The predicted octanol–water partition coefficient (Wildman–Crippen LogP) is 8.95. The predicted molar refractivity (Wildman–Crippen MR) is 159 cm³/mol. The van der Waals surface area contributed by atoms with Crippen LogP contribution >= 0.6 is 0 Å². The van der Waals surface area contributed by atoms with Gasteiger partial charge in [-0.1, -0.05) is 127 Å². The minimum Gasteiger partial charge on any atom is -0.434 e. The van der Waals surface area contributed by atoms with Crippen molar-refractivity contribution in [3.63, 3.8) is 0 Å². The molecule has 6 nitrogen and oxygen atoms in total. The highest BCUT2D eigenvalue weighted by Crippen LogP contribution is 2.20. The zero-order valence-electron chi connectivity index (χ0n) is 25.0. The lowest BCUT2D eigenvalue weighted by Crippen LogP contribution is -2.39. The number of hydrogen-bond donors (Lipinski definition) is 0. The second kappa shape index (κ2) is 19.9. The molecule has 0 aliphatic heterocycles. The van der Waals surface area contributed by atoms with E-state index in [1.807, 2.05) is 60.7 Å². The molecule has 0 bridgehead atoms. The number of carbonyl (C=O) groups is 2. The summed E-state index contributed by atoms with van der Waals surface area (Å²) in [5, 5.41) is 0. The van der Waals surface area contributed by atoms with E-state index in [1.165, 1.54) is 0 Å². The standard InChI is InChI=1S/C34H50O6/c1-5-9-17-27(7-3)25-37-33(35)39-31(23-29-19-13-11-14-20-29)32(24-30-21-15-12-16-22-30)40-34(36)38-26-28(8-4)18-10-6-2/h11-16,19-22,27-28,31-32H,5-10,17-18,23-26H2,1-4H3. The Balaban J connectivity index is 2.18. The summed E-state index contributed by atoms with van der Waals surface area (Å²) >= 11 is 0. The SMILES string of the molecule is CCCCC(CC)COC(=O)OC(Cc1ccccc1)C(Cc1ccccc1)OC(=O)OCC(CC)CCCC. The second-order valence-corrected chi connectivity index (χ2v) is 10.6. The molecule has 0 N–H and O–H groups in total. The molecule has 0 radical (unpaired) electrons. The highest BCUT2D eigenvalue weighted by Gasteiger charge is 2.31. The van der Waals surface area contributed by atoms with Gasteiger partial charge in [0, 0.05) is 12.8 Å². The molecule has 0 spiro atoms. The minimum atomic E-state index is -0.750. The van der Waals surface area contributed by atoms with Crippen LogP contribution < -0.4 is 0 Å². The zero-order chi connectivity index (χ0) is 29.0. The van der Waals surface area contributed by atoms with Crippen molar-refractivity contribution in [1.82, 2.24) is 0 Å². The molecule has 40 heavy (non-hydrogen) atoms. The van der Waals surface area contributed by atoms with Crippen LogP contribution in [0.2, 0.25) is 0 Å². The zero-order valence-corrected chi connectivity index (χ0v) is 25.0. The average molecular weight is 555 g/mol. The quantitative estimate of drug-likeness (QED) is 0.161. The van der Waals surface area contributed by atoms with Crippen LogP contribution in [0.3, 0.4) is 0 Å². The third-order valence-corrected chi connectivity index (χ3v) is 7.43. The molecule has 2 aromatic carbocycles. The van der Waals surface area contributed by atoms with Crippen LogP contribution in [-0.4, -0.2) is 37.7 Å². The molecule has 0 aliphatic carbocycles. The summed E-state index contributed by atoms with van der Waals surface area (Å²) in [6, 6.07) is 19.5. The van der Waals surface area contributed by atoms with Crippen molar-refractivity contribution >= 4 is 12.3 Å². The Bertz CT molecular complexity index is 854. The number of unbranched alkanes of at least 4 members (excludes halogenated alkanes) is 2. The van der Waals surface area contributed by atoms with E-state index < -0.39 is 24.5 Å². The molecule has 2 aromatic rings. The first-order valence-corrected chi connectivity index (χ1v) is 15.2. The lowest BCUT2D eigenvalue weighted by molar-refractivity contribution is -0.0596. The molecule has 0 saturated heterocycles. The summed E-state index contributed by atoms with van der Waals surface area (Å²) in [7, 11) is 0. The van der Waals surface area contributed by atoms with Crippen molar-refractivity contribution in [2.45, 2.75) is 104 Å². The van der Waals surface area contributed by atoms with Crippen molar-refractivity contribution in [2.24, 2.45) is 11.8 Å². The van der Waals surface area contributed by atoms with Crippen LogP contribution in [0, 0.1) is 11.8 Å². The molecule has 4 unspecified atom stereocenters. The van der Waals surface area contributed by atoms with Gasteiger partial charge >= 0.3 is 12.3 Å². The molecule has 222 valence electrons. The van der Waals surface area contributed by atoms with Gasteiger partial charge in [0.25, 0.3) is 0 Å². The smallest absolute Gasteiger partial charge is 0.434 e. The van der Waals surface area contributed by atoms with Crippen LogP contribution in [0.25, 0.3) is 0 Å². The van der Waals surface area contributed by atoms with Gasteiger partial charge in [-0.25, -0.2) is 9.59 Å². The normalized spacial score (nSPS) is 14.0. The Labute approximate surface area is 241 Å². The maximum atomic E-state index is 12.9. The number of ether oxygens (including phenoxy) is 4. The Morgan fingerprint density at radius 2 is 0.975 bits per heavy atom. The summed E-state index contributed by atoms with van der Waals surface area (Å²) in [6.45, 7) is 9.15. The topological polar surface area (TPSA) is 71.1 Å². The van der Waals surface area contributed by atoms with Crippen molar-refractivity contribution in [1.29, 1.82) is 0 Å². The van der Waals surface area contributed by atoms with Crippen molar-refractivity contribution in [3.8, 4) is 0 Å². The largest absolute Gasteiger partial charge is 0.508 e. The second-order valence-electron chi connectivity index (χ2n) is 10.6. The Kier molecular flexibility index (Phi) is 16.5. The first kappa shape index (κ1) is 33.2. The molecule has 0 saturated carbocycles. The van der Waals surface area contributed by atoms with Crippen LogP contribution in [0.1, 0.15) is 90.2 Å². The van der Waals surface area contributed by atoms with Gasteiger partial charge in [-0.2, -0.15) is 0 Å². The summed E-state index contributed by atoms with van der Waals surface area (Å²) in [4.78, 5) is 25.8. The fourth-order valence-corrected chi connectivity index (χ4v) is 4.67. The van der Waals surface area contributed by atoms with E-state index in [2.05, 4.69) is 27.7 Å². The monoisotopic (exact) mass is 554 g/mol. The molecule has 0 fully saturated rings. The summed E-state index contributed by atoms with van der Waals surface area (Å²) < 4.78 is 22.9. The summed E-state index contributed by atoms with van der Waals surface area (Å²) in [5.41, 5.74) is 1.94. The van der Waals surface area contributed by atoms with E-state index in [1.54, 1.807) is 0 Å². The van der Waals surface area contributed by atoms with Crippen LogP contribution in [-0.2, 0) is 31.8 Å². The molecule has 0 aliphatic rings. The van der Waals surface area contributed by atoms with Gasteiger partial charge in [0.15, 0.2) is 0 Å². The van der Waals surface area contributed by atoms with E-state index in [0.717, 1.165) is 62.5 Å². The highest BCUT2D eigenvalue weighted by molar-refractivity contribution is 5.61. The average Bonchev–Trinajstić information content (AvgIpc) is 2.98. The first-order valence-electron chi connectivity index (χ1n) is 15.2. The Hall–Kier alpha value is -3.02. The highest BCUT2D eigenvalue weighted by atomic mass is 16.8. The maximum absolute atomic E-state index is 12.9. The third-order valence-electron chi connectivity index (χ3n) is 7.43. The van der Waals surface area contributed by atoms with E-state index in [0.29, 0.717) is 37.9 Å². The van der Waals surface area contributed by atoms with Gasteiger partial charge in [-0.05, 0) is 35.8 Å². The van der Waals surface area contributed by atoms with Crippen LogP contribution in [0.5, 0.6) is 0 Å². The van der Waals surface area contributed by atoms with E-state index in [4.69, 9.17) is 18.9 Å². The molecule has 0 heterocycles. The van der Waals surface area contributed by atoms with Crippen molar-refractivity contribution in [3.05, 3.63) is 71.8 Å². The van der Waals surface area contributed by atoms with Crippen LogP contribution in [0.4, 0.5) is 9.59 Å². The van der Waals surface area contributed by atoms with E-state index in [9.17, 15) is 9.59 Å². The van der Waals surface area contributed by atoms with E-state index in [-0.39, 0.29) is 0 Å². The molecule has 0 amide bonds. The minimum absolute atomic E-state index is 0.297. The van der Waals surface area contributed by atoms with Gasteiger partial charge < -0.3 is 18.9 Å². The van der Waals surface area contributed by atoms with Gasteiger partial charge in [-0.3, -0.25) is 0 Å². The Morgan fingerprint density at radius 3 is 1.30 bits per heavy atom. The fraction of sp³-hybridized carbons (Fsp3) is 0.588. The van der Waals surface area contributed by atoms with E-state index >= 15 is 0 Å². The first-order chi connectivity index (χ1) is 19.5. The summed E-state index contributed by atoms with van der Waals surface area (Å²) in [6.07, 6.45) is 6.07. The number of hydrogen-bond acceptors (Lipinski definition) is 6. The van der Waals surface area contributed by atoms with Crippen molar-refractivity contribution < 1.29 is 28.5 Å². The molecule has 0 aromatic heterocycles. The number of benzene rings is 2. The molecular weight excluding hydrogens is 504 g/mol. The van der Waals surface area contributed by atoms with Crippen molar-refractivity contribution in [2.75, 3.05) is 13.2 Å². The molecular formula is C34H50O6. The van der Waals surface area contributed by atoms with Gasteiger partial charge in [0.1, 0.15) is 12.2 Å². The lowest BCUT2D eigenvalue weighted by atomic mass is 9.98. The lowest BCUT2D eigenvalue weighted by Gasteiger charge is -2.27. The molecule has 4 atom stereocenters. The molecule has 2 rings (SSSR count).